The van der Waals surface area contributed by atoms with Crippen molar-refractivity contribution >= 4 is 11.8 Å². The van der Waals surface area contributed by atoms with Crippen LogP contribution in [0.15, 0.2) is 36.5 Å². The van der Waals surface area contributed by atoms with Crippen LogP contribution in [-0.4, -0.2) is 64.8 Å². The largest absolute Gasteiger partial charge is 0.394 e. The van der Waals surface area contributed by atoms with E-state index in [-0.39, 0.29) is 30.9 Å². The molecular weight excluding hydrogens is 334 g/mol. The molecular formula is C19H25N3O4. The van der Waals surface area contributed by atoms with Gasteiger partial charge in [-0.3, -0.25) is 14.6 Å². The average Bonchev–Trinajstić information content (AvgIpc) is 2.70. The summed E-state index contributed by atoms with van der Waals surface area (Å²) in [6.07, 6.45) is 7.69. The van der Waals surface area contributed by atoms with Gasteiger partial charge >= 0.3 is 0 Å². The molecule has 3 heterocycles. The normalized spacial score (nSPS) is 25.7. The fraction of sp³-hybridized carbons (Fsp3) is 0.526. The Kier molecular flexibility index (Phi) is 6.35. The number of hydrogen-bond donors (Lipinski definition) is 2. The maximum absolute atomic E-state index is 12.4. The molecule has 7 heteroatoms. The molecule has 1 fully saturated rings. The maximum atomic E-state index is 12.4. The molecule has 0 spiro atoms. The summed E-state index contributed by atoms with van der Waals surface area (Å²) in [6, 6.07) is 4.63. The van der Waals surface area contributed by atoms with Crippen LogP contribution in [0.2, 0.25) is 0 Å². The van der Waals surface area contributed by atoms with Gasteiger partial charge in [-0.1, -0.05) is 18.2 Å². The number of aromatic nitrogens is 1. The second-order valence-corrected chi connectivity index (χ2v) is 6.64. The number of carbonyl (C=O) groups excluding carboxylic acids is 2. The number of carbonyl (C=O) groups is 2. The number of ether oxygens (including phenoxy) is 1. The van der Waals surface area contributed by atoms with Gasteiger partial charge in [0.1, 0.15) is 11.8 Å². The van der Waals surface area contributed by atoms with Gasteiger partial charge < -0.3 is 20.1 Å². The monoisotopic (exact) mass is 359 g/mol. The van der Waals surface area contributed by atoms with Crippen molar-refractivity contribution in [3.05, 3.63) is 42.2 Å². The number of aliphatic hydroxyl groups excluding tert-OH is 1. The van der Waals surface area contributed by atoms with Crippen LogP contribution in [0, 0.1) is 0 Å². The van der Waals surface area contributed by atoms with Crippen LogP contribution >= 0.6 is 0 Å². The number of likely N-dealkylation sites (tertiary alicyclic amines) is 1. The van der Waals surface area contributed by atoms with E-state index in [0.29, 0.717) is 5.69 Å². The SMILES string of the molecule is O=C(N[C@@H]1C=C[C@@H](CC(=O)N2CCCCC2)O[C@H]1CO)c1ccccn1. The molecule has 2 N–H and O–H groups in total. The first-order chi connectivity index (χ1) is 12.7. The number of piperidine rings is 1. The highest BCUT2D eigenvalue weighted by Crippen LogP contribution is 2.18. The van der Waals surface area contributed by atoms with Crippen molar-refractivity contribution in [2.24, 2.45) is 0 Å². The van der Waals surface area contributed by atoms with E-state index in [9.17, 15) is 14.7 Å². The number of pyridine rings is 1. The number of nitrogens with zero attached hydrogens (tertiary/aromatic N) is 2. The summed E-state index contributed by atoms with van der Waals surface area (Å²) in [7, 11) is 0. The second-order valence-electron chi connectivity index (χ2n) is 6.64. The van der Waals surface area contributed by atoms with Gasteiger partial charge in [0, 0.05) is 19.3 Å². The molecule has 2 aliphatic heterocycles. The lowest BCUT2D eigenvalue weighted by molar-refractivity contribution is -0.136. The molecule has 0 unspecified atom stereocenters. The molecule has 1 saturated heterocycles. The standard InChI is InChI=1S/C19H25N3O4/c23-13-17-15(21-19(25)16-6-2-3-9-20-16)8-7-14(26-17)12-18(24)22-10-4-1-5-11-22/h2-3,6-9,14-15,17,23H,1,4-5,10-13H2,(H,21,25)/t14-,15+,17-/m0/s1. The van der Waals surface area contributed by atoms with Crippen molar-refractivity contribution in [2.75, 3.05) is 19.7 Å². The summed E-state index contributed by atoms with van der Waals surface area (Å²) in [5.74, 6) is -0.253. The quantitative estimate of drug-likeness (QED) is 0.762. The highest BCUT2D eigenvalue weighted by atomic mass is 16.5. The van der Waals surface area contributed by atoms with Gasteiger partial charge in [-0.15, -0.1) is 0 Å². The highest BCUT2D eigenvalue weighted by Gasteiger charge is 2.30. The molecule has 26 heavy (non-hydrogen) atoms. The Morgan fingerprint density at radius 3 is 2.73 bits per heavy atom. The number of rotatable bonds is 5. The zero-order valence-corrected chi connectivity index (χ0v) is 14.7. The summed E-state index contributed by atoms with van der Waals surface area (Å²) in [4.78, 5) is 30.5. The Balaban J connectivity index is 1.57. The molecule has 7 nitrogen and oxygen atoms in total. The average molecular weight is 359 g/mol. The molecule has 0 aliphatic carbocycles. The van der Waals surface area contributed by atoms with E-state index in [0.717, 1.165) is 25.9 Å². The van der Waals surface area contributed by atoms with Crippen molar-refractivity contribution < 1.29 is 19.4 Å². The van der Waals surface area contributed by atoms with E-state index >= 15 is 0 Å². The lowest BCUT2D eigenvalue weighted by atomic mass is 10.0. The van der Waals surface area contributed by atoms with Crippen LogP contribution in [0.5, 0.6) is 0 Å². The van der Waals surface area contributed by atoms with Crippen molar-refractivity contribution in [1.29, 1.82) is 0 Å². The van der Waals surface area contributed by atoms with Crippen molar-refractivity contribution in [1.82, 2.24) is 15.2 Å². The summed E-state index contributed by atoms with van der Waals surface area (Å²) < 4.78 is 5.83. The van der Waals surface area contributed by atoms with Crippen LogP contribution in [0.3, 0.4) is 0 Å². The molecule has 1 aromatic rings. The number of nitrogens with one attached hydrogen (secondary N) is 1. The Morgan fingerprint density at radius 1 is 1.23 bits per heavy atom. The summed E-state index contributed by atoms with van der Waals surface area (Å²) >= 11 is 0. The molecule has 1 aromatic heterocycles. The zero-order chi connectivity index (χ0) is 18.4. The van der Waals surface area contributed by atoms with Crippen molar-refractivity contribution in [3.8, 4) is 0 Å². The molecule has 0 saturated carbocycles. The summed E-state index contributed by atoms with van der Waals surface area (Å²) in [6.45, 7) is 1.37. The van der Waals surface area contributed by atoms with E-state index < -0.39 is 12.1 Å². The van der Waals surface area contributed by atoms with Crippen LogP contribution < -0.4 is 5.32 Å². The van der Waals surface area contributed by atoms with Gasteiger partial charge in [0.2, 0.25) is 5.91 Å². The molecule has 2 amide bonds. The minimum Gasteiger partial charge on any atom is -0.394 e. The smallest absolute Gasteiger partial charge is 0.270 e. The zero-order valence-electron chi connectivity index (χ0n) is 14.7. The van der Waals surface area contributed by atoms with E-state index in [2.05, 4.69) is 10.3 Å². The number of aliphatic hydroxyl groups is 1. The first-order valence-electron chi connectivity index (χ1n) is 9.11. The third-order valence-corrected chi connectivity index (χ3v) is 4.74. The van der Waals surface area contributed by atoms with Crippen LogP contribution in [0.1, 0.15) is 36.2 Å². The fourth-order valence-corrected chi connectivity index (χ4v) is 3.30. The fourth-order valence-electron chi connectivity index (χ4n) is 3.30. The molecule has 2 aliphatic rings. The van der Waals surface area contributed by atoms with Gasteiger partial charge in [-0.25, -0.2) is 0 Å². The first-order valence-corrected chi connectivity index (χ1v) is 9.11. The Bertz CT molecular complexity index is 643. The van der Waals surface area contributed by atoms with E-state index in [1.165, 1.54) is 6.42 Å². The van der Waals surface area contributed by atoms with Gasteiger partial charge in [-0.2, -0.15) is 0 Å². The van der Waals surface area contributed by atoms with Gasteiger partial charge in [0.05, 0.1) is 25.2 Å². The molecule has 140 valence electrons. The lowest BCUT2D eigenvalue weighted by Gasteiger charge is -2.33. The van der Waals surface area contributed by atoms with Crippen LogP contribution in [0.4, 0.5) is 0 Å². The molecule has 3 atom stereocenters. The summed E-state index contributed by atoms with van der Waals surface area (Å²) in [5, 5.41) is 12.4. The van der Waals surface area contributed by atoms with Crippen LogP contribution in [-0.2, 0) is 9.53 Å². The minimum absolute atomic E-state index is 0.0759. The van der Waals surface area contributed by atoms with E-state index in [4.69, 9.17) is 4.74 Å². The van der Waals surface area contributed by atoms with Crippen molar-refractivity contribution in [2.45, 2.75) is 43.9 Å². The lowest BCUT2D eigenvalue weighted by Crippen LogP contribution is -2.49. The Labute approximate surface area is 153 Å². The third kappa shape index (κ3) is 4.68. The third-order valence-electron chi connectivity index (χ3n) is 4.74. The minimum atomic E-state index is -0.591. The molecule has 0 aromatic carbocycles. The Morgan fingerprint density at radius 2 is 2.04 bits per heavy atom. The number of hydrogen-bond acceptors (Lipinski definition) is 5. The summed E-state index contributed by atoms with van der Waals surface area (Å²) in [5.41, 5.74) is 0.306. The topological polar surface area (TPSA) is 91.8 Å². The van der Waals surface area contributed by atoms with Gasteiger partial charge in [-0.05, 0) is 31.4 Å². The predicted octanol–water partition coefficient (Wildman–Crippen LogP) is 0.898. The van der Waals surface area contributed by atoms with Gasteiger partial charge in [0.25, 0.3) is 5.91 Å². The van der Waals surface area contributed by atoms with E-state index in [1.807, 2.05) is 4.90 Å². The maximum Gasteiger partial charge on any atom is 0.270 e. The van der Waals surface area contributed by atoms with Crippen LogP contribution in [0.25, 0.3) is 0 Å². The molecule has 3 rings (SSSR count). The molecule has 0 radical (unpaired) electrons. The molecule has 0 bridgehead atoms. The Hall–Kier alpha value is -2.25. The predicted molar refractivity (Wildman–Crippen MR) is 95.4 cm³/mol. The second kappa shape index (κ2) is 8.91. The first kappa shape index (κ1) is 18.5. The van der Waals surface area contributed by atoms with Gasteiger partial charge in [0.15, 0.2) is 0 Å². The number of amides is 2. The van der Waals surface area contributed by atoms with E-state index in [1.54, 1.807) is 36.5 Å². The highest BCUT2D eigenvalue weighted by molar-refractivity contribution is 5.92. The van der Waals surface area contributed by atoms with Crippen molar-refractivity contribution in [3.63, 3.8) is 0 Å².